The minimum atomic E-state index is -4.54. The molecule has 1 fully saturated rings. The first kappa shape index (κ1) is 17.0. The van der Waals surface area contributed by atoms with Crippen LogP contribution in [0.2, 0.25) is 0 Å². The number of fused-ring (bicyclic) bond motifs is 5. The second-order valence-corrected chi connectivity index (χ2v) is 6.85. The van der Waals surface area contributed by atoms with Crippen LogP contribution < -0.4 is 5.73 Å². The van der Waals surface area contributed by atoms with Crippen LogP contribution in [0.1, 0.15) is 42.1 Å². The van der Waals surface area contributed by atoms with E-state index in [0.29, 0.717) is 12.8 Å². The molecule has 4 rings (SSSR count). The Morgan fingerprint density at radius 3 is 2.69 bits per heavy atom. The fourth-order valence-electron chi connectivity index (χ4n) is 3.94. The van der Waals surface area contributed by atoms with Crippen molar-refractivity contribution in [2.24, 2.45) is 5.73 Å². The minimum absolute atomic E-state index is 0.149. The predicted molar refractivity (Wildman–Crippen MR) is 85.9 cm³/mol. The smallest absolute Gasteiger partial charge is 0.330 e. The van der Waals surface area contributed by atoms with Gasteiger partial charge in [-0.25, -0.2) is 0 Å². The van der Waals surface area contributed by atoms with Crippen molar-refractivity contribution in [3.05, 3.63) is 47.5 Å². The summed E-state index contributed by atoms with van der Waals surface area (Å²) in [5, 5.41) is 6.98. The summed E-state index contributed by atoms with van der Waals surface area (Å²) >= 11 is 0. The Balaban J connectivity index is 1.44. The average Bonchev–Trinajstić information content (AvgIpc) is 3.26. The van der Waals surface area contributed by atoms with Gasteiger partial charge in [0, 0.05) is 19.0 Å². The lowest BCUT2D eigenvalue weighted by Gasteiger charge is -2.28. The Bertz CT molecular complexity index is 820. The maximum atomic E-state index is 13.0. The number of carbonyl (C=O) groups is 1. The van der Waals surface area contributed by atoms with Crippen molar-refractivity contribution in [1.29, 1.82) is 0 Å². The molecule has 2 N–H and O–H groups in total. The zero-order valence-electron chi connectivity index (χ0n) is 13.9. The van der Waals surface area contributed by atoms with E-state index in [-0.39, 0.29) is 30.7 Å². The van der Waals surface area contributed by atoms with Crippen LogP contribution in [0, 0.1) is 0 Å². The monoisotopic (exact) mass is 365 g/mol. The molecule has 0 aliphatic carbocycles. The van der Waals surface area contributed by atoms with Crippen LogP contribution in [0.5, 0.6) is 0 Å². The first-order valence-corrected chi connectivity index (χ1v) is 8.45. The van der Waals surface area contributed by atoms with Gasteiger partial charge in [-0.05, 0) is 18.4 Å². The number of hydrogen-bond acceptors (Lipinski definition) is 4. The van der Waals surface area contributed by atoms with E-state index in [1.54, 1.807) is 4.90 Å². The largest absolute Gasteiger partial charge is 0.451 e. The molecule has 1 saturated heterocycles. The lowest BCUT2D eigenvalue weighted by Crippen LogP contribution is -2.39. The van der Waals surface area contributed by atoms with Gasteiger partial charge in [-0.1, -0.05) is 30.3 Å². The van der Waals surface area contributed by atoms with Crippen molar-refractivity contribution in [3.8, 4) is 0 Å². The van der Waals surface area contributed by atoms with E-state index in [0.717, 1.165) is 10.1 Å². The van der Waals surface area contributed by atoms with E-state index in [4.69, 9.17) is 5.73 Å². The van der Waals surface area contributed by atoms with Crippen LogP contribution in [0.25, 0.3) is 0 Å². The number of alkyl halides is 3. The summed E-state index contributed by atoms with van der Waals surface area (Å²) in [7, 11) is 0. The van der Waals surface area contributed by atoms with Crippen molar-refractivity contribution >= 4 is 5.91 Å². The quantitative estimate of drug-likeness (QED) is 0.900. The summed E-state index contributed by atoms with van der Waals surface area (Å²) in [6.07, 6.45) is -3.36. The summed E-state index contributed by atoms with van der Waals surface area (Å²) in [5.41, 5.74) is 7.15. The molecule has 3 heterocycles. The second-order valence-electron chi connectivity index (χ2n) is 6.85. The van der Waals surface area contributed by atoms with E-state index in [1.165, 1.54) is 0 Å². The molecule has 3 atom stereocenters. The highest BCUT2D eigenvalue weighted by molar-refractivity contribution is 5.78. The number of benzene rings is 1. The lowest BCUT2D eigenvalue weighted by atomic mass is 10.0. The van der Waals surface area contributed by atoms with E-state index in [1.807, 2.05) is 30.3 Å². The third-order valence-corrected chi connectivity index (χ3v) is 5.02. The highest BCUT2D eigenvalue weighted by Gasteiger charge is 2.51. The molecule has 0 radical (unpaired) electrons. The summed E-state index contributed by atoms with van der Waals surface area (Å²) in [4.78, 5) is 14.2. The number of rotatable bonds is 4. The van der Waals surface area contributed by atoms with Gasteiger partial charge in [0.15, 0.2) is 5.82 Å². The zero-order valence-corrected chi connectivity index (χ0v) is 13.9. The summed E-state index contributed by atoms with van der Waals surface area (Å²) in [6.45, 7) is 0.246. The molecule has 6 nitrogen and oxygen atoms in total. The number of nitrogens with two attached hydrogens (primary N) is 1. The molecular formula is C17H18F3N5O. The van der Waals surface area contributed by atoms with Gasteiger partial charge in [-0.15, -0.1) is 10.2 Å². The number of carbonyl (C=O) groups excluding carboxylic acids is 1. The second kappa shape index (κ2) is 6.08. The Hall–Kier alpha value is -2.42. The summed E-state index contributed by atoms with van der Waals surface area (Å²) in [5.74, 6) is -0.907. The van der Waals surface area contributed by atoms with Crippen molar-refractivity contribution in [2.75, 3.05) is 6.54 Å². The van der Waals surface area contributed by atoms with Crippen molar-refractivity contribution in [1.82, 2.24) is 19.7 Å². The van der Waals surface area contributed by atoms with Crippen molar-refractivity contribution < 1.29 is 18.0 Å². The molecule has 26 heavy (non-hydrogen) atoms. The zero-order chi connectivity index (χ0) is 18.5. The normalized spacial score (nSPS) is 22.5. The molecule has 1 amide bonds. The summed E-state index contributed by atoms with van der Waals surface area (Å²) < 4.78 is 40.2. The van der Waals surface area contributed by atoms with Gasteiger partial charge in [0.05, 0.1) is 12.1 Å². The van der Waals surface area contributed by atoms with E-state index >= 15 is 0 Å². The van der Waals surface area contributed by atoms with E-state index in [2.05, 4.69) is 10.2 Å². The Morgan fingerprint density at radius 2 is 2.00 bits per heavy atom. The standard InChI is InChI=1S/C17H18F3N5O/c18-17(19,20)16-23-22-15-13-8-12(25(15)16)9-24(13)14(26)7-11(21)6-10-4-2-1-3-5-10/h1-5,11-13H,6-9,21H2/t11-,12+,13+/m1/s1. The molecule has 2 bridgehead atoms. The molecule has 2 aromatic rings. The van der Waals surface area contributed by atoms with Crippen LogP contribution in [0.4, 0.5) is 13.2 Å². The van der Waals surface area contributed by atoms with Crippen LogP contribution in [0.3, 0.4) is 0 Å². The third kappa shape index (κ3) is 2.86. The van der Waals surface area contributed by atoms with Crippen LogP contribution in [0.15, 0.2) is 30.3 Å². The van der Waals surface area contributed by atoms with Gasteiger partial charge < -0.3 is 15.2 Å². The molecule has 0 unspecified atom stereocenters. The SMILES string of the molecule is N[C@@H](CC(=O)N1C[C@@H]2C[C@H]1c1nnc(C(F)(F)F)n12)Cc1ccccc1. The number of nitrogens with zero attached hydrogens (tertiary/aromatic N) is 4. The molecular weight excluding hydrogens is 347 g/mol. The number of halogens is 3. The Morgan fingerprint density at radius 1 is 1.27 bits per heavy atom. The van der Waals surface area contributed by atoms with Gasteiger partial charge in [0.25, 0.3) is 0 Å². The van der Waals surface area contributed by atoms with Crippen LogP contribution in [-0.2, 0) is 17.4 Å². The first-order chi connectivity index (χ1) is 12.3. The lowest BCUT2D eigenvalue weighted by molar-refractivity contribution is -0.148. The fraction of sp³-hybridized carbons (Fsp3) is 0.471. The Kier molecular flexibility index (Phi) is 3.98. The maximum absolute atomic E-state index is 13.0. The molecule has 138 valence electrons. The van der Waals surface area contributed by atoms with Gasteiger partial charge >= 0.3 is 6.18 Å². The third-order valence-electron chi connectivity index (χ3n) is 5.02. The van der Waals surface area contributed by atoms with Gasteiger partial charge in [-0.2, -0.15) is 13.2 Å². The highest BCUT2D eigenvalue weighted by Crippen LogP contribution is 2.47. The van der Waals surface area contributed by atoms with Crippen LogP contribution >= 0.6 is 0 Å². The predicted octanol–water partition coefficient (Wildman–Crippen LogP) is 2.09. The van der Waals surface area contributed by atoms with Gasteiger partial charge in [-0.3, -0.25) is 4.79 Å². The van der Waals surface area contributed by atoms with Gasteiger partial charge in [0.2, 0.25) is 11.7 Å². The maximum Gasteiger partial charge on any atom is 0.451 e. The molecule has 9 heteroatoms. The summed E-state index contributed by atoms with van der Waals surface area (Å²) in [6, 6.07) is 8.42. The molecule has 2 aliphatic rings. The molecule has 1 aromatic carbocycles. The van der Waals surface area contributed by atoms with Crippen molar-refractivity contribution in [2.45, 2.75) is 43.6 Å². The average molecular weight is 365 g/mol. The van der Waals surface area contributed by atoms with Crippen LogP contribution in [-0.4, -0.2) is 38.2 Å². The number of likely N-dealkylation sites (tertiary alicyclic amines) is 1. The molecule has 1 aromatic heterocycles. The number of amides is 1. The molecule has 0 saturated carbocycles. The highest BCUT2D eigenvalue weighted by atomic mass is 19.4. The Labute approximate surface area is 147 Å². The number of hydrogen-bond donors (Lipinski definition) is 1. The fourth-order valence-corrected chi connectivity index (χ4v) is 3.94. The molecule has 2 aliphatic heterocycles. The molecule has 0 spiro atoms. The van der Waals surface area contributed by atoms with Gasteiger partial charge in [0.1, 0.15) is 0 Å². The number of aromatic nitrogens is 3. The minimum Gasteiger partial charge on any atom is -0.330 e. The van der Waals surface area contributed by atoms with E-state index < -0.39 is 24.1 Å². The van der Waals surface area contributed by atoms with E-state index in [9.17, 15) is 18.0 Å². The van der Waals surface area contributed by atoms with Crippen molar-refractivity contribution in [3.63, 3.8) is 0 Å². The topological polar surface area (TPSA) is 77.0 Å². The first-order valence-electron chi connectivity index (χ1n) is 8.45.